The number of aryl methyl sites for hydroxylation is 1. The van der Waals surface area contributed by atoms with Crippen molar-refractivity contribution >= 4 is 27.4 Å². The average Bonchev–Trinajstić information content (AvgIpc) is 3.00. The van der Waals surface area contributed by atoms with Gasteiger partial charge in [-0.25, -0.2) is 13.2 Å². The fourth-order valence-corrected chi connectivity index (χ4v) is 4.15. The third-order valence-electron chi connectivity index (χ3n) is 4.13. The first-order valence-corrected chi connectivity index (χ1v) is 10.1. The van der Waals surface area contributed by atoms with E-state index < -0.39 is 34.4 Å². The number of hydrogen-bond donors (Lipinski definition) is 0. The summed E-state index contributed by atoms with van der Waals surface area (Å²) in [6, 6.07) is 15.0. The fraction of sp³-hybridized carbons (Fsp3) is 0.200. The largest absolute Gasteiger partial charge is 0.452 e. The molecule has 1 unspecified atom stereocenters. The molecular weight excluding hydrogens is 366 g/mol. The van der Waals surface area contributed by atoms with Gasteiger partial charge in [-0.1, -0.05) is 35.9 Å². The molecule has 27 heavy (non-hydrogen) atoms. The molecule has 0 saturated heterocycles. The van der Waals surface area contributed by atoms with E-state index in [1.807, 2.05) is 13.0 Å². The predicted molar refractivity (Wildman–Crippen MR) is 102 cm³/mol. The topological polar surface area (TPSA) is 80.8 Å². The number of nitrogens with zero attached hydrogens (tertiary/aromatic N) is 1. The summed E-state index contributed by atoms with van der Waals surface area (Å²) in [5.74, 6) is -1.29. The highest BCUT2D eigenvalue weighted by Gasteiger charge is 2.31. The number of hydrogen-bond acceptors (Lipinski definition) is 5. The molecule has 2 aromatic carbocycles. The lowest BCUT2D eigenvalue weighted by atomic mass is 10.1. The van der Waals surface area contributed by atoms with Gasteiger partial charge in [-0.3, -0.25) is 4.79 Å². The lowest BCUT2D eigenvalue weighted by molar-refractivity contribution is -0.121. The van der Waals surface area contributed by atoms with Gasteiger partial charge in [0.1, 0.15) is 0 Å². The van der Waals surface area contributed by atoms with E-state index >= 15 is 0 Å². The van der Waals surface area contributed by atoms with Crippen molar-refractivity contribution in [1.29, 1.82) is 0 Å². The highest BCUT2D eigenvalue weighted by molar-refractivity contribution is 7.94. The first-order valence-electron chi connectivity index (χ1n) is 8.37. The lowest BCUT2D eigenvalue weighted by Crippen LogP contribution is -2.43. The van der Waals surface area contributed by atoms with Crippen LogP contribution in [0.25, 0.3) is 0 Å². The Morgan fingerprint density at radius 1 is 1.11 bits per heavy atom. The molecule has 0 fully saturated rings. The molecule has 0 N–H and O–H groups in total. The van der Waals surface area contributed by atoms with Crippen LogP contribution in [-0.2, 0) is 19.4 Å². The van der Waals surface area contributed by atoms with Gasteiger partial charge in [-0.2, -0.15) is 0 Å². The highest BCUT2D eigenvalue weighted by Crippen LogP contribution is 2.23. The summed E-state index contributed by atoms with van der Waals surface area (Å²) >= 11 is 0. The van der Waals surface area contributed by atoms with Crippen LogP contribution >= 0.6 is 0 Å². The van der Waals surface area contributed by atoms with Crippen LogP contribution in [0.15, 0.2) is 66.1 Å². The van der Waals surface area contributed by atoms with Crippen molar-refractivity contribution in [2.24, 2.45) is 0 Å². The Morgan fingerprint density at radius 3 is 2.48 bits per heavy atom. The van der Waals surface area contributed by atoms with E-state index in [2.05, 4.69) is 0 Å². The molecule has 3 rings (SSSR count). The highest BCUT2D eigenvalue weighted by atomic mass is 32.2. The molecule has 1 aliphatic heterocycles. The standard InChI is InChI=1S/C20H19NO5S/c1-15-6-5-7-16(12-15)20(23)26-13-19(22)21(17-8-3-2-4-9-17)18-10-11-27(24,25)14-18/h2-12,18H,13-14H2,1H3. The Bertz CT molecular complexity index is 982. The van der Waals surface area contributed by atoms with Crippen LogP contribution in [0.1, 0.15) is 15.9 Å². The van der Waals surface area contributed by atoms with Crippen molar-refractivity contribution in [3.63, 3.8) is 0 Å². The summed E-state index contributed by atoms with van der Waals surface area (Å²) < 4.78 is 28.7. The Morgan fingerprint density at radius 2 is 1.85 bits per heavy atom. The first kappa shape index (κ1) is 18.8. The maximum atomic E-state index is 12.8. The molecule has 7 heteroatoms. The quantitative estimate of drug-likeness (QED) is 0.739. The molecule has 140 valence electrons. The molecule has 1 atom stereocenters. The molecule has 0 spiro atoms. The summed E-state index contributed by atoms with van der Waals surface area (Å²) in [5.41, 5.74) is 1.81. The maximum Gasteiger partial charge on any atom is 0.338 e. The van der Waals surface area contributed by atoms with Crippen LogP contribution in [0.5, 0.6) is 0 Å². The summed E-state index contributed by atoms with van der Waals surface area (Å²) in [7, 11) is -3.34. The Kier molecular flexibility index (Phi) is 5.41. The summed E-state index contributed by atoms with van der Waals surface area (Å²) in [6.07, 6.45) is 1.47. The van der Waals surface area contributed by atoms with Crippen LogP contribution in [0.2, 0.25) is 0 Å². The number of ether oxygens (including phenoxy) is 1. The molecular formula is C20H19NO5S. The van der Waals surface area contributed by atoms with Crippen LogP contribution in [-0.4, -0.2) is 38.7 Å². The van der Waals surface area contributed by atoms with Gasteiger partial charge in [0.2, 0.25) is 0 Å². The van der Waals surface area contributed by atoms with E-state index in [1.54, 1.807) is 48.5 Å². The second kappa shape index (κ2) is 7.75. The van der Waals surface area contributed by atoms with Gasteiger partial charge in [0.05, 0.1) is 17.4 Å². The number of rotatable bonds is 5. The minimum Gasteiger partial charge on any atom is -0.452 e. The van der Waals surface area contributed by atoms with Crippen LogP contribution < -0.4 is 4.90 Å². The van der Waals surface area contributed by atoms with Crippen molar-refractivity contribution in [1.82, 2.24) is 0 Å². The van der Waals surface area contributed by atoms with Crippen LogP contribution in [0.4, 0.5) is 5.69 Å². The number of esters is 1. The second-order valence-corrected chi connectivity index (χ2v) is 8.20. The monoisotopic (exact) mass is 385 g/mol. The Hall–Kier alpha value is -2.93. The zero-order chi connectivity index (χ0) is 19.4. The van der Waals surface area contributed by atoms with E-state index in [-0.39, 0.29) is 5.75 Å². The zero-order valence-electron chi connectivity index (χ0n) is 14.7. The number of carbonyl (C=O) groups excluding carboxylic acids is 2. The summed E-state index contributed by atoms with van der Waals surface area (Å²) in [4.78, 5) is 26.3. The minimum atomic E-state index is -3.34. The number of amides is 1. The van der Waals surface area contributed by atoms with E-state index in [9.17, 15) is 18.0 Å². The predicted octanol–water partition coefficient (Wildman–Crippen LogP) is 2.50. The molecule has 0 aliphatic carbocycles. The smallest absolute Gasteiger partial charge is 0.338 e. The lowest BCUT2D eigenvalue weighted by Gasteiger charge is -2.27. The molecule has 0 aromatic heterocycles. The van der Waals surface area contributed by atoms with E-state index in [0.717, 1.165) is 11.0 Å². The number of para-hydroxylation sites is 1. The van der Waals surface area contributed by atoms with Gasteiger partial charge in [0, 0.05) is 11.1 Å². The van der Waals surface area contributed by atoms with Gasteiger partial charge in [0.15, 0.2) is 16.4 Å². The van der Waals surface area contributed by atoms with Gasteiger partial charge >= 0.3 is 5.97 Å². The molecule has 0 radical (unpaired) electrons. The fourth-order valence-electron chi connectivity index (χ4n) is 2.88. The molecule has 6 nitrogen and oxygen atoms in total. The van der Waals surface area contributed by atoms with Crippen molar-refractivity contribution in [3.05, 3.63) is 77.2 Å². The molecule has 2 aromatic rings. The van der Waals surface area contributed by atoms with E-state index in [4.69, 9.17) is 4.74 Å². The van der Waals surface area contributed by atoms with Gasteiger partial charge in [0.25, 0.3) is 5.91 Å². The summed E-state index contributed by atoms with van der Waals surface area (Å²) in [5, 5.41) is 1.11. The van der Waals surface area contributed by atoms with Gasteiger partial charge in [-0.05, 0) is 37.3 Å². The number of anilines is 1. The third kappa shape index (κ3) is 4.62. The van der Waals surface area contributed by atoms with Crippen LogP contribution in [0, 0.1) is 6.92 Å². The number of sulfone groups is 1. The van der Waals surface area contributed by atoms with Gasteiger partial charge < -0.3 is 9.64 Å². The normalized spacial score (nSPS) is 17.4. The first-order chi connectivity index (χ1) is 12.9. The van der Waals surface area contributed by atoms with Crippen molar-refractivity contribution in [2.45, 2.75) is 13.0 Å². The van der Waals surface area contributed by atoms with E-state index in [1.165, 1.54) is 11.0 Å². The number of carbonyl (C=O) groups is 2. The zero-order valence-corrected chi connectivity index (χ0v) is 15.6. The SMILES string of the molecule is Cc1cccc(C(=O)OCC(=O)N(c2ccccc2)C2C=CS(=O)(=O)C2)c1. The summed E-state index contributed by atoms with van der Waals surface area (Å²) in [6.45, 7) is 1.37. The Labute approximate surface area is 158 Å². The van der Waals surface area contributed by atoms with Crippen molar-refractivity contribution < 1.29 is 22.7 Å². The van der Waals surface area contributed by atoms with Crippen molar-refractivity contribution in [3.8, 4) is 0 Å². The molecule has 0 saturated carbocycles. The second-order valence-electron chi connectivity index (χ2n) is 6.27. The molecule has 1 aliphatic rings. The maximum absolute atomic E-state index is 12.8. The number of benzene rings is 2. The van der Waals surface area contributed by atoms with Crippen LogP contribution in [0.3, 0.4) is 0 Å². The van der Waals surface area contributed by atoms with E-state index in [0.29, 0.717) is 11.3 Å². The molecule has 0 bridgehead atoms. The van der Waals surface area contributed by atoms with Crippen molar-refractivity contribution in [2.75, 3.05) is 17.3 Å². The minimum absolute atomic E-state index is 0.195. The third-order valence-corrected chi connectivity index (χ3v) is 5.50. The average molecular weight is 385 g/mol. The van der Waals surface area contributed by atoms with Gasteiger partial charge in [-0.15, -0.1) is 0 Å². The molecule has 1 heterocycles. The molecule has 1 amide bonds. The Balaban J connectivity index is 1.76.